The fourth-order valence-corrected chi connectivity index (χ4v) is 1.59. The van der Waals surface area contributed by atoms with Gasteiger partial charge in [0.25, 0.3) is 5.91 Å². The van der Waals surface area contributed by atoms with Crippen LogP contribution in [0, 0.1) is 0 Å². The van der Waals surface area contributed by atoms with Crippen LogP contribution in [0.3, 0.4) is 0 Å². The third-order valence-electron chi connectivity index (χ3n) is 3.11. The number of esters is 1. The zero-order valence-electron chi connectivity index (χ0n) is 12.4. The predicted octanol–water partition coefficient (Wildman–Crippen LogP) is 2.19. The fraction of sp³-hybridized carbons (Fsp3) is 0.467. The number of hydrogen-bond donors (Lipinski definition) is 2. The van der Waals surface area contributed by atoms with Crippen LogP contribution in [0.1, 0.15) is 37.6 Å². The first-order valence-corrected chi connectivity index (χ1v) is 6.64. The van der Waals surface area contributed by atoms with Crippen molar-refractivity contribution in [1.29, 1.82) is 0 Å². The molecular weight excluding hydrogens is 256 g/mol. The Kier molecular flexibility index (Phi) is 5.55. The van der Waals surface area contributed by atoms with E-state index in [4.69, 9.17) is 4.74 Å². The lowest BCUT2D eigenvalue weighted by Crippen LogP contribution is -2.44. The number of hydrogen-bond acceptors (Lipinski definition) is 4. The highest BCUT2D eigenvalue weighted by atomic mass is 16.5. The first kappa shape index (κ1) is 16.0. The summed E-state index contributed by atoms with van der Waals surface area (Å²) in [5.41, 5.74) is 0.788. The molecule has 0 unspecified atom stereocenters. The molecule has 1 rings (SSSR count). The van der Waals surface area contributed by atoms with E-state index >= 15 is 0 Å². The summed E-state index contributed by atoms with van der Waals surface area (Å²) in [6.45, 7) is 5.54. The van der Waals surface area contributed by atoms with Crippen LogP contribution in [0.2, 0.25) is 0 Å². The first-order valence-electron chi connectivity index (χ1n) is 6.64. The van der Waals surface area contributed by atoms with Gasteiger partial charge in [-0.3, -0.25) is 4.79 Å². The zero-order chi connectivity index (χ0) is 15.2. The molecule has 0 spiro atoms. The number of carbonyl (C=O) groups is 2. The Morgan fingerprint density at radius 1 is 1.25 bits per heavy atom. The second-order valence-electron chi connectivity index (χ2n) is 5.16. The molecule has 0 radical (unpaired) electrons. The van der Waals surface area contributed by atoms with Crippen LogP contribution in [0.25, 0.3) is 0 Å². The Balaban J connectivity index is 2.57. The number of rotatable bonds is 6. The Labute approximate surface area is 119 Å². The number of carbonyl (C=O) groups excluding carboxylic acids is 2. The van der Waals surface area contributed by atoms with Gasteiger partial charge in [0.2, 0.25) is 0 Å². The summed E-state index contributed by atoms with van der Waals surface area (Å²) in [5, 5.41) is 5.72. The van der Waals surface area contributed by atoms with Crippen molar-refractivity contribution in [2.24, 2.45) is 0 Å². The van der Waals surface area contributed by atoms with Crippen LogP contribution in [-0.4, -0.2) is 31.1 Å². The lowest BCUT2D eigenvalue weighted by atomic mass is 10.0. The molecule has 0 aliphatic rings. The molecule has 0 saturated heterocycles. The van der Waals surface area contributed by atoms with E-state index in [0.717, 1.165) is 6.42 Å². The average Bonchev–Trinajstić information content (AvgIpc) is 2.44. The molecule has 0 heterocycles. The lowest BCUT2D eigenvalue weighted by molar-refractivity contribution is -0.125. The number of amides is 1. The molecule has 0 atom stereocenters. The van der Waals surface area contributed by atoms with Gasteiger partial charge in [0, 0.05) is 18.3 Å². The van der Waals surface area contributed by atoms with E-state index in [2.05, 4.69) is 10.6 Å². The van der Waals surface area contributed by atoms with E-state index in [-0.39, 0.29) is 18.1 Å². The van der Waals surface area contributed by atoms with E-state index in [9.17, 15) is 9.59 Å². The molecule has 1 amide bonds. The molecule has 2 N–H and O–H groups in total. The maximum absolute atomic E-state index is 11.9. The van der Waals surface area contributed by atoms with E-state index in [1.807, 2.05) is 26.8 Å². The molecule has 0 bridgehead atoms. The van der Waals surface area contributed by atoms with Crippen molar-refractivity contribution in [3.05, 3.63) is 29.8 Å². The number of anilines is 1. The van der Waals surface area contributed by atoms with E-state index < -0.39 is 5.97 Å². The molecule has 0 aliphatic carbocycles. The second-order valence-corrected chi connectivity index (χ2v) is 5.16. The molecule has 0 fully saturated rings. The summed E-state index contributed by atoms with van der Waals surface area (Å²) in [7, 11) is 1.72. The van der Waals surface area contributed by atoms with Crippen molar-refractivity contribution >= 4 is 17.6 Å². The van der Waals surface area contributed by atoms with Gasteiger partial charge in [0.15, 0.2) is 6.61 Å². The van der Waals surface area contributed by atoms with Crippen molar-refractivity contribution in [2.75, 3.05) is 19.0 Å². The Bertz CT molecular complexity index is 484. The summed E-state index contributed by atoms with van der Waals surface area (Å²) >= 11 is 0. The van der Waals surface area contributed by atoms with Crippen LogP contribution in [-0.2, 0) is 9.53 Å². The summed E-state index contributed by atoms with van der Waals surface area (Å²) in [5.74, 6) is -0.813. The largest absolute Gasteiger partial charge is 0.452 e. The lowest BCUT2D eigenvalue weighted by Gasteiger charge is -2.24. The molecule has 1 aromatic carbocycles. The van der Waals surface area contributed by atoms with Crippen molar-refractivity contribution in [2.45, 2.75) is 32.7 Å². The molecule has 5 heteroatoms. The molecule has 110 valence electrons. The normalized spacial score (nSPS) is 10.8. The van der Waals surface area contributed by atoms with Crippen LogP contribution < -0.4 is 10.6 Å². The van der Waals surface area contributed by atoms with E-state index in [0.29, 0.717) is 11.3 Å². The highest BCUT2D eigenvalue weighted by molar-refractivity contribution is 5.96. The van der Waals surface area contributed by atoms with Gasteiger partial charge < -0.3 is 15.4 Å². The van der Waals surface area contributed by atoms with E-state index in [1.54, 1.807) is 25.2 Å². The third-order valence-corrected chi connectivity index (χ3v) is 3.11. The number of para-hydroxylation sites is 1. The smallest absolute Gasteiger partial charge is 0.340 e. The maximum Gasteiger partial charge on any atom is 0.340 e. The van der Waals surface area contributed by atoms with Crippen LogP contribution in [0.5, 0.6) is 0 Å². The molecular formula is C15H22N2O3. The minimum Gasteiger partial charge on any atom is -0.452 e. The fourth-order valence-electron chi connectivity index (χ4n) is 1.59. The molecule has 0 saturated carbocycles. The molecule has 5 nitrogen and oxygen atoms in total. The van der Waals surface area contributed by atoms with Gasteiger partial charge in [-0.15, -0.1) is 0 Å². The number of benzene rings is 1. The Morgan fingerprint density at radius 3 is 2.50 bits per heavy atom. The van der Waals surface area contributed by atoms with Crippen molar-refractivity contribution in [3.63, 3.8) is 0 Å². The average molecular weight is 278 g/mol. The Morgan fingerprint density at radius 2 is 1.90 bits per heavy atom. The van der Waals surface area contributed by atoms with Crippen molar-refractivity contribution < 1.29 is 14.3 Å². The zero-order valence-corrected chi connectivity index (χ0v) is 12.4. The van der Waals surface area contributed by atoms with E-state index in [1.165, 1.54) is 0 Å². The van der Waals surface area contributed by atoms with Gasteiger partial charge in [-0.25, -0.2) is 4.79 Å². The van der Waals surface area contributed by atoms with Crippen LogP contribution in [0.4, 0.5) is 5.69 Å². The van der Waals surface area contributed by atoms with Gasteiger partial charge in [-0.05, 0) is 32.4 Å². The van der Waals surface area contributed by atoms with Gasteiger partial charge in [0.1, 0.15) is 0 Å². The topological polar surface area (TPSA) is 67.4 Å². The quantitative estimate of drug-likeness (QED) is 0.783. The maximum atomic E-state index is 11.9. The van der Waals surface area contributed by atoms with Gasteiger partial charge >= 0.3 is 5.97 Å². The molecule has 0 aromatic heterocycles. The molecule has 20 heavy (non-hydrogen) atoms. The monoisotopic (exact) mass is 278 g/mol. The van der Waals surface area contributed by atoms with Gasteiger partial charge in [-0.2, -0.15) is 0 Å². The van der Waals surface area contributed by atoms with Crippen LogP contribution in [0.15, 0.2) is 24.3 Å². The molecule has 0 aliphatic heterocycles. The number of ether oxygens (including phenoxy) is 1. The van der Waals surface area contributed by atoms with Crippen LogP contribution >= 0.6 is 0 Å². The predicted molar refractivity (Wildman–Crippen MR) is 78.8 cm³/mol. The summed E-state index contributed by atoms with van der Waals surface area (Å²) < 4.78 is 5.03. The summed E-state index contributed by atoms with van der Waals surface area (Å²) in [4.78, 5) is 23.6. The summed E-state index contributed by atoms with van der Waals surface area (Å²) in [6, 6.07) is 7.00. The van der Waals surface area contributed by atoms with Gasteiger partial charge in [0.05, 0.1) is 5.56 Å². The minimum absolute atomic E-state index is 0.277. The molecule has 1 aromatic rings. The summed E-state index contributed by atoms with van der Waals surface area (Å²) in [6.07, 6.45) is 0.801. The minimum atomic E-state index is -0.514. The SMILES string of the molecule is CCC(C)(C)NC(=O)COC(=O)c1ccccc1NC. The first-order chi connectivity index (χ1) is 9.39. The number of nitrogens with one attached hydrogen (secondary N) is 2. The van der Waals surface area contributed by atoms with Crippen molar-refractivity contribution in [1.82, 2.24) is 5.32 Å². The second kappa shape index (κ2) is 6.93. The van der Waals surface area contributed by atoms with Gasteiger partial charge in [-0.1, -0.05) is 19.1 Å². The third kappa shape index (κ3) is 4.57. The highest BCUT2D eigenvalue weighted by Gasteiger charge is 2.19. The Hall–Kier alpha value is -2.04. The standard InChI is InChI=1S/C15H22N2O3/c1-5-15(2,3)17-13(18)10-20-14(19)11-8-6-7-9-12(11)16-4/h6-9,16H,5,10H2,1-4H3,(H,17,18). The highest BCUT2D eigenvalue weighted by Crippen LogP contribution is 2.15. The van der Waals surface area contributed by atoms with Crippen molar-refractivity contribution in [3.8, 4) is 0 Å².